The van der Waals surface area contributed by atoms with E-state index in [2.05, 4.69) is 15.5 Å². The maximum Gasteiger partial charge on any atom is 0.143 e. The number of methoxy groups -OCH3 is 1. The third kappa shape index (κ3) is 3.80. The number of ether oxygens (including phenoxy) is 1. The molecule has 0 aliphatic heterocycles. The van der Waals surface area contributed by atoms with E-state index >= 15 is 0 Å². The van der Waals surface area contributed by atoms with Crippen LogP contribution in [0.2, 0.25) is 0 Å². The first-order chi connectivity index (χ1) is 6.36. The van der Waals surface area contributed by atoms with Gasteiger partial charge in [0.2, 0.25) is 0 Å². The molecule has 0 aliphatic carbocycles. The quantitative estimate of drug-likeness (QED) is 0.693. The Morgan fingerprint density at radius 3 is 2.85 bits per heavy atom. The fraction of sp³-hybridized carbons (Fsp3) is 0.750. The maximum absolute atomic E-state index is 4.96. The Kier molecular flexibility index (Phi) is 4.88. The Bertz CT molecular complexity index is 239. The number of rotatable bonds is 6. The highest BCUT2D eigenvalue weighted by atomic mass is 32.1. The molecule has 1 aromatic rings. The summed E-state index contributed by atoms with van der Waals surface area (Å²) in [5.41, 5.74) is 0. The molecule has 4 nitrogen and oxygen atoms in total. The Morgan fingerprint density at radius 2 is 2.15 bits per heavy atom. The van der Waals surface area contributed by atoms with Gasteiger partial charge in [-0.1, -0.05) is 11.3 Å². The van der Waals surface area contributed by atoms with Crippen LogP contribution in [0, 0.1) is 0 Å². The van der Waals surface area contributed by atoms with E-state index in [1.165, 1.54) is 0 Å². The SMILES string of the molecule is CNCCCc1nnc(COC)s1. The van der Waals surface area contributed by atoms with Crippen LogP contribution in [0.1, 0.15) is 16.4 Å². The molecule has 0 spiro atoms. The number of nitrogens with zero attached hydrogens (tertiary/aromatic N) is 2. The molecule has 0 radical (unpaired) electrons. The first-order valence-corrected chi connectivity index (χ1v) is 5.13. The normalized spacial score (nSPS) is 10.6. The molecule has 0 unspecified atom stereocenters. The zero-order valence-electron chi connectivity index (χ0n) is 8.04. The number of aromatic nitrogens is 2. The largest absolute Gasteiger partial charge is 0.377 e. The van der Waals surface area contributed by atoms with Crippen LogP contribution in [0.25, 0.3) is 0 Å². The van der Waals surface area contributed by atoms with Crippen molar-refractivity contribution in [1.29, 1.82) is 0 Å². The summed E-state index contributed by atoms with van der Waals surface area (Å²) in [4.78, 5) is 0. The number of aryl methyl sites for hydroxylation is 1. The van der Waals surface area contributed by atoms with Crippen molar-refractivity contribution < 1.29 is 4.74 Å². The predicted octanol–water partition coefficient (Wildman–Crippen LogP) is 0.836. The monoisotopic (exact) mass is 201 g/mol. The van der Waals surface area contributed by atoms with Crippen molar-refractivity contribution in [3.05, 3.63) is 10.0 Å². The smallest absolute Gasteiger partial charge is 0.143 e. The third-order valence-corrected chi connectivity index (χ3v) is 2.55. The Morgan fingerprint density at radius 1 is 1.38 bits per heavy atom. The van der Waals surface area contributed by atoms with Crippen LogP contribution in [0.4, 0.5) is 0 Å². The second-order valence-corrected chi connectivity index (χ2v) is 3.88. The lowest BCUT2D eigenvalue weighted by atomic mass is 10.3. The molecule has 0 bridgehead atoms. The van der Waals surface area contributed by atoms with E-state index in [4.69, 9.17) is 4.74 Å². The van der Waals surface area contributed by atoms with Crippen molar-refractivity contribution in [2.75, 3.05) is 20.7 Å². The lowest BCUT2D eigenvalue weighted by Gasteiger charge is -1.94. The summed E-state index contributed by atoms with van der Waals surface area (Å²) in [6, 6.07) is 0. The molecular weight excluding hydrogens is 186 g/mol. The Labute approximate surface area is 82.3 Å². The molecule has 0 saturated heterocycles. The molecule has 0 fully saturated rings. The first kappa shape index (κ1) is 10.6. The summed E-state index contributed by atoms with van der Waals surface area (Å²) >= 11 is 1.63. The Hall–Kier alpha value is -0.520. The van der Waals surface area contributed by atoms with Gasteiger partial charge >= 0.3 is 0 Å². The van der Waals surface area contributed by atoms with Crippen LogP contribution < -0.4 is 5.32 Å². The van der Waals surface area contributed by atoms with E-state index < -0.39 is 0 Å². The van der Waals surface area contributed by atoms with Gasteiger partial charge in [0.05, 0.1) is 6.61 Å². The van der Waals surface area contributed by atoms with Crippen LogP contribution >= 0.6 is 11.3 Å². The topological polar surface area (TPSA) is 47.0 Å². The van der Waals surface area contributed by atoms with Crippen LogP contribution in [-0.4, -0.2) is 30.9 Å². The molecule has 74 valence electrons. The third-order valence-electron chi connectivity index (χ3n) is 1.59. The van der Waals surface area contributed by atoms with E-state index in [1.807, 2.05) is 7.05 Å². The molecule has 0 saturated carbocycles. The van der Waals surface area contributed by atoms with Gasteiger partial charge in [0.15, 0.2) is 0 Å². The maximum atomic E-state index is 4.96. The van der Waals surface area contributed by atoms with E-state index in [0.29, 0.717) is 6.61 Å². The van der Waals surface area contributed by atoms with Crippen molar-refractivity contribution in [3.8, 4) is 0 Å². The van der Waals surface area contributed by atoms with Gasteiger partial charge in [-0.25, -0.2) is 0 Å². The van der Waals surface area contributed by atoms with Gasteiger partial charge in [-0.2, -0.15) is 0 Å². The van der Waals surface area contributed by atoms with Crippen molar-refractivity contribution in [3.63, 3.8) is 0 Å². The average Bonchev–Trinajstić information content (AvgIpc) is 2.54. The fourth-order valence-corrected chi connectivity index (χ4v) is 1.85. The minimum Gasteiger partial charge on any atom is -0.377 e. The van der Waals surface area contributed by atoms with Gasteiger partial charge in [-0.15, -0.1) is 10.2 Å². The Balaban J connectivity index is 2.31. The second-order valence-electron chi connectivity index (χ2n) is 2.73. The predicted molar refractivity (Wildman–Crippen MR) is 52.9 cm³/mol. The highest BCUT2D eigenvalue weighted by Gasteiger charge is 2.02. The summed E-state index contributed by atoms with van der Waals surface area (Å²) in [7, 11) is 3.62. The summed E-state index contributed by atoms with van der Waals surface area (Å²) < 4.78 is 4.96. The first-order valence-electron chi connectivity index (χ1n) is 4.31. The lowest BCUT2D eigenvalue weighted by Crippen LogP contribution is -2.08. The highest BCUT2D eigenvalue weighted by molar-refractivity contribution is 7.11. The minimum absolute atomic E-state index is 0.573. The number of hydrogen-bond acceptors (Lipinski definition) is 5. The molecule has 1 aromatic heterocycles. The van der Waals surface area contributed by atoms with Crippen LogP contribution in [0.15, 0.2) is 0 Å². The van der Waals surface area contributed by atoms with E-state index in [-0.39, 0.29) is 0 Å². The molecular formula is C8H15N3OS. The average molecular weight is 201 g/mol. The van der Waals surface area contributed by atoms with Crippen molar-refractivity contribution in [1.82, 2.24) is 15.5 Å². The van der Waals surface area contributed by atoms with Crippen LogP contribution in [-0.2, 0) is 17.8 Å². The molecule has 13 heavy (non-hydrogen) atoms. The molecule has 0 aromatic carbocycles. The molecule has 0 aliphatic rings. The summed E-state index contributed by atoms with van der Waals surface area (Å²) in [6.07, 6.45) is 2.11. The molecule has 1 N–H and O–H groups in total. The van der Waals surface area contributed by atoms with Gasteiger partial charge in [0, 0.05) is 13.5 Å². The van der Waals surface area contributed by atoms with Crippen molar-refractivity contribution in [2.45, 2.75) is 19.4 Å². The lowest BCUT2D eigenvalue weighted by molar-refractivity contribution is 0.184. The standard InChI is InChI=1S/C8H15N3OS/c1-9-5-3-4-7-10-11-8(13-7)6-12-2/h9H,3-6H2,1-2H3. The summed E-state index contributed by atoms with van der Waals surface area (Å²) in [5, 5.41) is 13.2. The number of hydrogen-bond donors (Lipinski definition) is 1. The van der Waals surface area contributed by atoms with E-state index in [1.54, 1.807) is 18.4 Å². The molecule has 1 rings (SSSR count). The van der Waals surface area contributed by atoms with E-state index in [0.717, 1.165) is 29.4 Å². The van der Waals surface area contributed by atoms with Gasteiger partial charge in [0.25, 0.3) is 0 Å². The molecule has 5 heteroatoms. The molecule has 0 atom stereocenters. The zero-order chi connectivity index (χ0) is 9.52. The summed E-state index contributed by atoms with van der Waals surface area (Å²) in [6.45, 7) is 1.60. The van der Waals surface area contributed by atoms with E-state index in [9.17, 15) is 0 Å². The fourth-order valence-electron chi connectivity index (χ4n) is 0.988. The van der Waals surface area contributed by atoms with Crippen molar-refractivity contribution >= 4 is 11.3 Å². The van der Waals surface area contributed by atoms with Crippen molar-refractivity contribution in [2.24, 2.45) is 0 Å². The molecule has 1 heterocycles. The molecule has 0 amide bonds. The van der Waals surface area contributed by atoms with Gasteiger partial charge in [-0.05, 0) is 20.0 Å². The highest BCUT2D eigenvalue weighted by Crippen LogP contribution is 2.11. The van der Waals surface area contributed by atoms with Crippen LogP contribution in [0.3, 0.4) is 0 Å². The second kappa shape index (κ2) is 6.01. The van der Waals surface area contributed by atoms with Gasteiger partial charge in [-0.3, -0.25) is 0 Å². The zero-order valence-corrected chi connectivity index (χ0v) is 8.86. The minimum atomic E-state index is 0.573. The number of nitrogens with one attached hydrogen (secondary N) is 1. The van der Waals surface area contributed by atoms with Gasteiger partial charge < -0.3 is 10.1 Å². The summed E-state index contributed by atoms with van der Waals surface area (Å²) in [5.74, 6) is 0. The van der Waals surface area contributed by atoms with Crippen LogP contribution in [0.5, 0.6) is 0 Å². The van der Waals surface area contributed by atoms with Gasteiger partial charge in [0.1, 0.15) is 10.0 Å².